The van der Waals surface area contributed by atoms with E-state index in [9.17, 15) is 4.79 Å². The van der Waals surface area contributed by atoms with Crippen molar-refractivity contribution in [1.29, 1.82) is 0 Å². The molecular formula is C21H28N4O2. The molecule has 1 atom stereocenters. The Hall–Kier alpha value is -3.02. The average molecular weight is 368 g/mol. The van der Waals surface area contributed by atoms with E-state index in [0.717, 1.165) is 29.7 Å². The highest BCUT2D eigenvalue weighted by molar-refractivity contribution is 5.79. The first-order valence-electron chi connectivity index (χ1n) is 9.16. The Bertz CT molecular complexity index is 751. The summed E-state index contributed by atoms with van der Waals surface area (Å²) in [5, 5.41) is 2.98. The lowest BCUT2D eigenvalue weighted by atomic mass is 10.1. The molecule has 2 aromatic rings. The molecule has 144 valence electrons. The van der Waals surface area contributed by atoms with Gasteiger partial charge in [-0.3, -0.25) is 4.79 Å². The largest absolute Gasteiger partial charge is 0.489 e. The van der Waals surface area contributed by atoms with Gasteiger partial charge in [0.15, 0.2) is 5.96 Å². The van der Waals surface area contributed by atoms with E-state index < -0.39 is 0 Å². The zero-order chi connectivity index (χ0) is 19.6. The van der Waals surface area contributed by atoms with Gasteiger partial charge < -0.3 is 21.5 Å². The standard InChI is InChI=1S/C21H28N4O2/c1-3-15(2)24-20(26)13-8-16-6-11-19(12-7-16)27-14-17-4-9-18(10-5-17)25-21(22)23/h4-7,9-12,15H,3,8,13-14H2,1-2H3,(H,24,26)(H4,22,23,25). The lowest BCUT2D eigenvalue weighted by molar-refractivity contribution is -0.121. The van der Waals surface area contributed by atoms with Crippen LogP contribution < -0.4 is 21.5 Å². The first-order valence-corrected chi connectivity index (χ1v) is 9.16. The third kappa shape index (κ3) is 7.40. The molecule has 6 heteroatoms. The number of nitrogens with two attached hydrogens (primary N) is 2. The van der Waals surface area contributed by atoms with Crippen LogP contribution in [0, 0.1) is 0 Å². The van der Waals surface area contributed by atoms with Gasteiger partial charge in [0, 0.05) is 12.5 Å². The van der Waals surface area contributed by atoms with Crippen LogP contribution in [-0.2, 0) is 17.8 Å². The predicted octanol–water partition coefficient (Wildman–Crippen LogP) is 3.02. The van der Waals surface area contributed by atoms with Crippen LogP contribution in [0.4, 0.5) is 5.69 Å². The van der Waals surface area contributed by atoms with Crippen molar-refractivity contribution < 1.29 is 9.53 Å². The quantitative estimate of drug-likeness (QED) is 0.467. The second kappa shape index (κ2) is 10.2. The number of benzene rings is 2. The van der Waals surface area contributed by atoms with Crippen LogP contribution in [0.1, 0.15) is 37.8 Å². The summed E-state index contributed by atoms with van der Waals surface area (Å²) in [4.78, 5) is 15.8. The topological polar surface area (TPSA) is 103 Å². The minimum Gasteiger partial charge on any atom is -0.489 e. The molecule has 27 heavy (non-hydrogen) atoms. The highest BCUT2D eigenvalue weighted by Gasteiger charge is 2.06. The number of nitrogens with zero attached hydrogens (tertiary/aromatic N) is 1. The van der Waals surface area contributed by atoms with Gasteiger partial charge in [-0.05, 0) is 55.2 Å². The molecule has 0 aliphatic rings. The van der Waals surface area contributed by atoms with E-state index >= 15 is 0 Å². The van der Waals surface area contributed by atoms with Crippen molar-refractivity contribution in [3.63, 3.8) is 0 Å². The molecule has 0 aliphatic carbocycles. The number of hydrogen-bond donors (Lipinski definition) is 3. The van der Waals surface area contributed by atoms with Crippen LogP contribution in [-0.4, -0.2) is 17.9 Å². The molecule has 0 heterocycles. The van der Waals surface area contributed by atoms with Gasteiger partial charge in [0.1, 0.15) is 12.4 Å². The fourth-order valence-electron chi connectivity index (χ4n) is 2.44. The number of ether oxygens (including phenoxy) is 1. The molecule has 0 bridgehead atoms. The molecule has 1 amide bonds. The molecule has 0 spiro atoms. The van der Waals surface area contributed by atoms with Gasteiger partial charge in [-0.25, -0.2) is 4.99 Å². The molecular weight excluding hydrogens is 340 g/mol. The third-order valence-electron chi connectivity index (χ3n) is 4.18. The highest BCUT2D eigenvalue weighted by atomic mass is 16.5. The van der Waals surface area contributed by atoms with Crippen LogP contribution in [0.25, 0.3) is 0 Å². The van der Waals surface area contributed by atoms with Crippen LogP contribution in [0.15, 0.2) is 53.5 Å². The molecule has 6 nitrogen and oxygen atoms in total. The van der Waals surface area contributed by atoms with Crippen LogP contribution in [0.2, 0.25) is 0 Å². The molecule has 0 fully saturated rings. The Kier molecular flexibility index (Phi) is 7.67. The van der Waals surface area contributed by atoms with Crippen molar-refractivity contribution in [2.45, 2.75) is 45.8 Å². The maximum Gasteiger partial charge on any atom is 0.220 e. The molecule has 0 aromatic heterocycles. The van der Waals surface area contributed by atoms with Gasteiger partial charge in [-0.15, -0.1) is 0 Å². The second-order valence-electron chi connectivity index (χ2n) is 6.51. The number of rotatable bonds is 9. The van der Waals surface area contributed by atoms with Crippen molar-refractivity contribution in [1.82, 2.24) is 5.32 Å². The number of guanidine groups is 1. The Labute approximate surface area is 160 Å². The van der Waals surface area contributed by atoms with Gasteiger partial charge in [0.05, 0.1) is 5.69 Å². The molecule has 1 unspecified atom stereocenters. The predicted molar refractivity (Wildman–Crippen MR) is 109 cm³/mol. The molecule has 0 radical (unpaired) electrons. The number of aryl methyl sites for hydroxylation is 1. The van der Waals surface area contributed by atoms with E-state index in [-0.39, 0.29) is 17.9 Å². The Morgan fingerprint density at radius 1 is 1.07 bits per heavy atom. The van der Waals surface area contributed by atoms with Gasteiger partial charge in [-0.1, -0.05) is 31.2 Å². The fraction of sp³-hybridized carbons (Fsp3) is 0.333. The van der Waals surface area contributed by atoms with Gasteiger partial charge in [0.2, 0.25) is 5.91 Å². The third-order valence-corrected chi connectivity index (χ3v) is 4.18. The van der Waals surface area contributed by atoms with E-state index in [4.69, 9.17) is 16.2 Å². The minimum atomic E-state index is 0.0384. The van der Waals surface area contributed by atoms with Crippen molar-refractivity contribution in [2.75, 3.05) is 0 Å². The average Bonchev–Trinajstić information content (AvgIpc) is 2.66. The van der Waals surface area contributed by atoms with Crippen LogP contribution in [0.3, 0.4) is 0 Å². The van der Waals surface area contributed by atoms with Crippen LogP contribution >= 0.6 is 0 Å². The van der Waals surface area contributed by atoms with E-state index in [1.165, 1.54) is 0 Å². The molecule has 0 saturated heterocycles. The Balaban J connectivity index is 1.80. The van der Waals surface area contributed by atoms with Gasteiger partial charge in [-0.2, -0.15) is 0 Å². The zero-order valence-corrected chi connectivity index (χ0v) is 15.9. The maximum atomic E-state index is 11.8. The summed E-state index contributed by atoms with van der Waals surface area (Å²) in [6.07, 6.45) is 2.15. The van der Waals surface area contributed by atoms with Gasteiger partial charge >= 0.3 is 0 Å². The smallest absolute Gasteiger partial charge is 0.220 e. The summed E-state index contributed by atoms with van der Waals surface area (Å²) in [5.74, 6) is 0.918. The highest BCUT2D eigenvalue weighted by Crippen LogP contribution is 2.17. The van der Waals surface area contributed by atoms with E-state index in [1.807, 2.05) is 55.5 Å². The number of nitrogens with one attached hydrogen (secondary N) is 1. The lowest BCUT2D eigenvalue weighted by Gasteiger charge is -2.11. The van der Waals surface area contributed by atoms with E-state index in [2.05, 4.69) is 17.2 Å². The summed E-state index contributed by atoms with van der Waals surface area (Å²) in [6, 6.07) is 15.6. The van der Waals surface area contributed by atoms with Crippen molar-refractivity contribution in [2.24, 2.45) is 16.5 Å². The monoisotopic (exact) mass is 368 g/mol. The number of aliphatic imine (C=N–C) groups is 1. The molecule has 0 aliphatic heterocycles. The number of carbonyl (C=O) groups is 1. The first kappa shape index (κ1) is 20.3. The zero-order valence-electron chi connectivity index (χ0n) is 15.9. The second-order valence-corrected chi connectivity index (χ2v) is 6.51. The number of hydrogen-bond acceptors (Lipinski definition) is 3. The molecule has 2 aromatic carbocycles. The minimum absolute atomic E-state index is 0.0384. The number of carbonyl (C=O) groups excluding carboxylic acids is 1. The van der Waals surface area contributed by atoms with Crippen molar-refractivity contribution in [3.8, 4) is 5.75 Å². The van der Waals surface area contributed by atoms with E-state index in [1.54, 1.807) is 0 Å². The van der Waals surface area contributed by atoms with Crippen molar-refractivity contribution in [3.05, 3.63) is 59.7 Å². The summed E-state index contributed by atoms with van der Waals surface area (Å²) in [6.45, 7) is 4.53. The summed E-state index contributed by atoms with van der Waals surface area (Å²) >= 11 is 0. The van der Waals surface area contributed by atoms with Crippen LogP contribution in [0.5, 0.6) is 5.75 Å². The first-order chi connectivity index (χ1) is 13.0. The van der Waals surface area contributed by atoms with Crippen molar-refractivity contribution >= 4 is 17.6 Å². The molecule has 0 saturated carbocycles. The summed E-state index contributed by atoms with van der Waals surface area (Å²) in [5.41, 5.74) is 13.6. The Morgan fingerprint density at radius 2 is 1.70 bits per heavy atom. The normalized spacial score (nSPS) is 11.5. The van der Waals surface area contributed by atoms with Gasteiger partial charge in [0.25, 0.3) is 0 Å². The molecule has 5 N–H and O–H groups in total. The maximum absolute atomic E-state index is 11.8. The fourth-order valence-corrected chi connectivity index (χ4v) is 2.44. The van der Waals surface area contributed by atoms with E-state index in [0.29, 0.717) is 18.7 Å². The Morgan fingerprint density at radius 3 is 2.30 bits per heavy atom. The summed E-state index contributed by atoms with van der Waals surface area (Å²) < 4.78 is 5.80. The SMILES string of the molecule is CCC(C)NC(=O)CCc1ccc(OCc2ccc(N=C(N)N)cc2)cc1. The summed E-state index contributed by atoms with van der Waals surface area (Å²) in [7, 11) is 0. The number of amides is 1. The molecule has 2 rings (SSSR count). The lowest BCUT2D eigenvalue weighted by Crippen LogP contribution is -2.31.